The number of nitrogens with one attached hydrogen (secondary N) is 2. The van der Waals surface area contributed by atoms with E-state index in [0.29, 0.717) is 12.1 Å². The van der Waals surface area contributed by atoms with Gasteiger partial charge < -0.3 is 10.6 Å². The molecule has 15 heavy (non-hydrogen) atoms. The SMILES string of the molecule is CC(NC(=O)[C@@H]1CCCN[C@@H]1C)C1CC1. The van der Waals surface area contributed by atoms with Gasteiger partial charge in [0, 0.05) is 12.1 Å². The second-order valence-corrected chi connectivity index (χ2v) is 5.13. The van der Waals surface area contributed by atoms with Crippen LogP contribution < -0.4 is 10.6 Å². The van der Waals surface area contributed by atoms with Gasteiger partial charge in [0.05, 0.1) is 5.92 Å². The third-order valence-corrected chi connectivity index (χ3v) is 3.80. The molecule has 3 atom stereocenters. The maximum Gasteiger partial charge on any atom is 0.224 e. The monoisotopic (exact) mass is 210 g/mol. The van der Waals surface area contributed by atoms with Crippen molar-refractivity contribution in [1.29, 1.82) is 0 Å². The average molecular weight is 210 g/mol. The molecule has 1 aliphatic heterocycles. The van der Waals surface area contributed by atoms with Crippen LogP contribution in [-0.2, 0) is 4.79 Å². The average Bonchev–Trinajstić information content (AvgIpc) is 3.01. The summed E-state index contributed by atoms with van der Waals surface area (Å²) in [5.41, 5.74) is 0. The van der Waals surface area contributed by atoms with Crippen molar-refractivity contribution >= 4 is 5.91 Å². The van der Waals surface area contributed by atoms with E-state index in [9.17, 15) is 4.79 Å². The summed E-state index contributed by atoms with van der Waals surface area (Å²) in [6.45, 7) is 5.31. The number of piperidine rings is 1. The lowest BCUT2D eigenvalue weighted by Crippen LogP contribution is -2.48. The van der Waals surface area contributed by atoms with Crippen molar-refractivity contribution in [3.8, 4) is 0 Å². The molecule has 0 spiro atoms. The van der Waals surface area contributed by atoms with Gasteiger partial charge in [-0.25, -0.2) is 0 Å². The smallest absolute Gasteiger partial charge is 0.224 e. The topological polar surface area (TPSA) is 41.1 Å². The molecule has 0 radical (unpaired) electrons. The highest BCUT2D eigenvalue weighted by molar-refractivity contribution is 5.79. The minimum Gasteiger partial charge on any atom is -0.353 e. The summed E-state index contributed by atoms with van der Waals surface area (Å²) in [5, 5.41) is 6.53. The van der Waals surface area contributed by atoms with Crippen LogP contribution in [0.3, 0.4) is 0 Å². The van der Waals surface area contributed by atoms with Gasteiger partial charge in [0.15, 0.2) is 0 Å². The number of hydrogen-bond donors (Lipinski definition) is 2. The molecule has 3 nitrogen and oxygen atoms in total. The normalized spacial score (nSPS) is 33.5. The maximum atomic E-state index is 12.0. The maximum absolute atomic E-state index is 12.0. The third kappa shape index (κ3) is 2.71. The molecule has 2 N–H and O–H groups in total. The fourth-order valence-corrected chi connectivity index (χ4v) is 2.45. The number of amides is 1. The minimum atomic E-state index is 0.181. The Morgan fingerprint density at radius 2 is 2.13 bits per heavy atom. The minimum absolute atomic E-state index is 0.181. The standard InChI is InChI=1S/C12H22N2O/c1-8(10-5-6-10)14-12(15)11-4-3-7-13-9(11)2/h8-11,13H,3-7H2,1-2H3,(H,14,15)/t8?,9-,11-/m1/s1. The molecule has 0 aromatic carbocycles. The van der Waals surface area contributed by atoms with E-state index in [1.165, 1.54) is 12.8 Å². The lowest BCUT2D eigenvalue weighted by Gasteiger charge is -2.30. The van der Waals surface area contributed by atoms with Crippen molar-refractivity contribution in [2.45, 2.75) is 51.6 Å². The molecule has 0 bridgehead atoms. The Hall–Kier alpha value is -0.570. The predicted octanol–water partition coefficient (Wildman–Crippen LogP) is 1.29. The first-order valence-electron chi connectivity index (χ1n) is 6.22. The predicted molar refractivity (Wildman–Crippen MR) is 60.5 cm³/mol. The second-order valence-electron chi connectivity index (χ2n) is 5.13. The van der Waals surface area contributed by atoms with E-state index in [1.54, 1.807) is 0 Å². The Morgan fingerprint density at radius 1 is 1.40 bits per heavy atom. The van der Waals surface area contributed by atoms with E-state index < -0.39 is 0 Å². The summed E-state index contributed by atoms with van der Waals surface area (Å²) in [6.07, 6.45) is 4.75. The summed E-state index contributed by atoms with van der Waals surface area (Å²) < 4.78 is 0. The lowest BCUT2D eigenvalue weighted by molar-refractivity contribution is -0.127. The number of hydrogen-bond acceptors (Lipinski definition) is 2. The Bertz CT molecular complexity index is 238. The summed E-state index contributed by atoms with van der Waals surface area (Å²) >= 11 is 0. The highest BCUT2D eigenvalue weighted by Gasteiger charge is 2.32. The molecule has 2 fully saturated rings. The van der Waals surface area contributed by atoms with Crippen LogP contribution in [0.5, 0.6) is 0 Å². The van der Waals surface area contributed by atoms with E-state index in [1.807, 2.05) is 0 Å². The van der Waals surface area contributed by atoms with E-state index in [-0.39, 0.29) is 11.8 Å². The first kappa shape index (κ1) is 10.9. The van der Waals surface area contributed by atoms with Crippen LogP contribution in [0.25, 0.3) is 0 Å². The largest absolute Gasteiger partial charge is 0.353 e. The summed E-state index contributed by atoms with van der Waals surface area (Å²) in [4.78, 5) is 12.0. The first-order valence-corrected chi connectivity index (χ1v) is 6.22. The molecule has 2 aliphatic rings. The molecule has 0 aromatic rings. The van der Waals surface area contributed by atoms with Crippen molar-refractivity contribution in [3.63, 3.8) is 0 Å². The van der Waals surface area contributed by atoms with Gasteiger partial charge in [-0.1, -0.05) is 0 Å². The van der Waals surface area contributed by atoms with Crippen LogP contribution in [0.4, 0.5) is 0 Å². The van der Waals surface area contributed by atoms with E-state index in [4.69, 9.17) is 0 Å². The molecule has 1 saturated carbocycles. The van der Waals surface area contributed by atoms with E-state index in [0.717, 1.165) is 25.3 Å². The molecule has 1 unspecified atom stereocenters. The Balaban J connectivity index is 1.82. The van der Waals surface area contributed by atoms with Gasteiger partial charge in [-0.2, -0.15) is 0 Å². The molecule has 1 aliphatic carbocycles. The van der Waals surface area contributed by atoms with Crippen LogP contribution in [-0.4, -0.2) is 24.5 Å². The lowest BCUT2D eigenvalue weighted by atomic mass is 9.91. The van der Waals surface area contributed by atoms with Crippen molar-refractivity contribution in [2.24, 2.45) is 11.8 Å². The van der Waals surface area contributed by atoms with Gasteiger partial charge >= 0.3 is 0 Å². The molecular formula is C12H22N2O. The number of rotatable bonds is 3. The van der Waals surface area contributed by atoms with Crippen molar-refractivity contribution in [3.05, 3.63) is 0 Å². The van der Waals surface area contributed by atoms with Gasteiger partial charge in [-0.15, -0.1) is 0 Å². The number of carbonyl (C=O) groups excluding carboxylic acids is 1. The molecular weight excluding hydrogens is 188 g/mol. The molecule has 2 rings (SSSR count). The molecule has 86 valence electrons. The Labute approximate surface area is 92.0 Å². The van der Waals surface area contributed by atoms with Gasteiger partial charge in [-0.05, 0) is 52.0 Å². The van der Waals surface area contributed by atoms with Crippen molar-refractivity contribution in [2.75, 3.05) is 6.54 Å². The zero-order valence-corrected chi connectivity index (χ0v) is 9.75. The second kappa shape index (κ2) is 4.52. The highest BCUT2D eigenvalue weighted by Crippen LogP contribution is 2.32. The third-order valence-electron chi connectivity index (χ3n) is 3.80. The zero-order valence-electron chi connectivity index (χ0n) is 9.75. The number of carbonyl (C=O) groups is 1. The van der Waals surface area contributed by atoms with Crippen LogP contribution in [0.1, 0.15) is 39.5 Å². The fourth-order valence-electron chi connectivity index (χ4n) is 2.45. The summed E-state index contributed by atoms with van der Waals surface area (Å²) in [5.74, 6) is 1.19. The van der Waals surface area contributed by atoms with Crippen LogP contribution >= 0.6 is 0 Å². The Morgan fingerprint density at radius 3 is 2.73 bits per heavy atom. The van der Waals surface area contributed by atoms with E-state index >= 15 is 0 Å². The van der Waals surface area contributed by atoms with E-state index in [2.05, 4.69) is 24.5 Å². The highest BCUT2D eigenvalue weighted by atomic mass is 16.2. The summed E-state index contributed by atoms with van der Waals surface area (Å²) in [7, 11) is 0. The van der Waals surface area contributed by atoms with Crippen LogP contribution in [0.15, 0.2) is 0 Å². The van der Waals surface area contributed by atoms with Gasteiger partial charge in [-0.3, -0.25) is 4.79 Å². The fraction of sp³-hybridized carbons (Fsp3) is 0.917. The summed E-state index contributed by atoms with van der Waals surface area (Å²) in [6, 6.07) is 0.719. The molecule has 0 aromatic heterocycles. The van der Waals surface area contributed by atoms with Crippen molar-refractivity contribution < 1.29 is 4.79 Å². The van der Waals surface area contributed by atoms with Gasteiger partial charge in [0.1, 0.15) is 0 Å². The molecule has 1 amide bonds. The van der Waals surface area contributed by atoms with Gasteiger partial charge in [0.25, 0.3) is 0 Å². The molecule has 1 saturated heterocycles. The van der Waals surface area contributed by atoms with Crippen molar-refractivity contribution in [1.82, 2.24) is 10.6 Å². The quantitative estimate of drug-likeness (QED) is 0.737. The zero-order chi connectivity index (χ0) is 10.8. The van der Waals surface area contributed by atoms with Crippen LogP contribution in [0.2, 0.25) is 0 Å². The Kier molecular flexibility index (Phi) is 3.29. The van der Waals surface area contributed by atoms with Gasteiger partial charge in [0.2, 0.25) is 5.91 Å². The molecule has 3 heteroatoms. The molecule has 1 heterocycles. The first-order chi connectivity index (χ1) is 7.18. The van der Waals surface area contributed by atoms with Crippen LogP contribution in [0, 0.1) is 11.8 Å².